The maximum atomic E-state index is 13.3. The van der Waals surface area contributed by atoms with Gasteiger partial charge in [0, 0.05) is 11.9 Å². The number of rotatable bonds is 2. The van der Waals surface area contributed by atoms with Crippen LogP contribution in [0.3, 0.4) is 0 Å². The summed E-state index contributed by atoms with van der Waals surface area (Å²) in [7, 11) is 0. The van der Waals surface area contributed by atoms with Crippen molar-refractivity contribution in [2.75, 3.05) is 0 Å². The highest BCUT2D eigenvalue weighted by molar-refractivity contribution is 5.92. The quantitative estimate of drug-likeness (QED) is 0.841. The summed E-state index contributed by atoms with van der Waals surface area (Å²) >= 11 is 0. The minimum absolute atomic E-state index is 0.542. The molecular formula is C12H9FN2O2. The molecule has 0 atom stereocenters. The standard InChI is InChI=1S/C12H9FN2O2/c13-9-6-7-15(8-4-2-1-3-5-8)12(17)10(9)11(14)16/h1-7H,(H2,14,16). The van der Waals surface area contributed by atoms with Crippen LogP contribution in [0.15, 0.2) is 47.4 Å². The van der Waals surface area contributed by atoms with Gasteiger partial charge in [-0.05, 0) is 18.2 Å². The van der Waals surface area contributed by atoms with Crippen LogP contribution in [0.1, 0.15) is 10.4 Å². The van der Waals surface area contributed by atoms with Gasteiger partial charge in [0.05, 0.1) is 0 Å². The van der Waals surface area contributed by atoms with Crippen molar-refractivity contribution < 1.29 is 9.18 Å². The molecule has 5 heteroatoms. The SMILES string of the molecule is NC(=O)c1c(F)ccn(-c2ccccc2)c1=O. The first-order chi connectivity index (χ1) is 8.11. The number of aromatic nitrogens is 1. The number of carbonyl (C=O) groups is 1. The number of amides is 1. The molecule has 0 unspecified atom stereocenters. The third-order valence-electron chi connectivity index (χ3n) is 2.32. The highest BCUT2D eigenvalue weighted by Gasteiger charge is 2.15. The van der Waals surface area contributed by atoms with E-state index >= 15 is 0 Å². The smallest absolute Gasteiger partial charge is 0.270 e. The average molecular weight is 232 g/mol. The van der Waals surface area contributed by atoms with Crippen molar-refractivity contribution in [2.24, 2.45) is 5.73 Å². The lowest BCUT2D eigenvalue weighted by Crippen LogP contribution is -2.30. The number of nitrogens with zero attached hydrogens (tertiary/aromatic N) is 1. The van der Waals surface area contributed by atoms with Crippen molar-refractivity contribution >= 4 is 5.91 Å². The molecule has 4 nitrogen and oxygen atoms in total. The molecule has 0 saturated carbocycles. The predicted octanol–water partition coefficient (Wildman–Crippen LogP) is 1.08. The van der Waals surface area contributed by atoms with Gasteiger partial charge in [-0.2, -0.15) is 0 Å². The van der Waals surface area contributed by atoms with Crippen molar-refractivity contribution in [1.82, 2.24) is 4.57 Å². The van der Waals surface area contributed by atoms with E-state index in [1.807, 2.05) is 0 Å². The fourth-order valence-electron chi connectivity index (χ4n) is 1.53. The molecule has 17 heavy (non-hydrogen) atoms. The van der Waals surface area contributed by atoms with Gasteiger partial charge < -0.3 is 5.73 Å². The Morgan fingerprint density at radius 3 is 2.41 bits per heavy atom. The van der Waals surface area contributed by atoms with Crippen LogP contribution in [-0.2, 0) is 0 Å². The molecule has 1 amide bonds. The molecule has 1 aromatic carbocycles. The van der Waals surface area contributed by atoms with E-state index in [-0.39, 0.29) is 0 Å². The maximum absolute atomic E-state index is 13.3. The Balaban J connectivity index is 2.71. The summed E-state index contributed by atoms with van der Waals surface area (Å²) < 4.78 is 14.5. The van der Waals surface area contributed by atoms with E-state index in [1.165, 1.54) is 10.8 Å². The van der Waals surface area contributed by atoms with Gasteiger partial charge in [0.2, 0.25) is 0 Å². The lowest BCUT2D eigenvalue weighted by atomic mass is 10.2. The number of benzene rings is 1. The monoisotopic (exact) mass is 232 g/mol. The normalized spacial score (nSPS) is 10.2. The molecule has 86 valence electrons. The molecule has 0 aliphatic carbocycles. The van der Waals surface area contributed by atoms with E-state index in [2.05, 4.69) is 0 Å². The molecule has 0 bridgehead atoms. The Kier molecular flexibility index (Phi) is 2.74. The topological polar surface area (TPSA) is 65.1 Å². The van der Waals surface area contributed by atoms with Gasteiger partial charge in [-0.25, -0.2) is 4.39 Å². The number of hydrogen-bond donors (Lipinski definition) is 1. The van der Waals surface area contributed by atoms with Gasteiger partial charge in [-0.15, -0.1) is 0 Å². The Bertz CT molecular complexity index is 620. The Morgan fingerprint density at radius 1 is 1.18 bits per heavy atom. The zero-order chi connectivity index (χ0) is 12.4. The molecule has 0 fully saturated rings. The van der Waals surface area contributed by atoms with Crippen LogP contribution in [-0.4, -0.2) is 10.5 Å². The van der Waals surface area contributed by atoms with Gasteiger partial charge in [-0.1, -0.05) is 18.2 Å². The molecule has 0 aliphatic heterocycles. The molecule has 0 aliphatic rings. The zero-order valence-corrected chi connectivity index (χ0v) is 8.76. The van der Waals surface area contributed by atoms with E-state index in [4.69, 9.17) is 5.73 Å². The second-order valence-electron chi connectivity index (χ2n) is 3.41. The van der Waals surface area contributed by atoms with E-state index in [1.54, 1.807) is 30.3 Å². The van der Waals surface area contributed by atoms with Gasteiger partial charge in [-0.3, -0.25) is 14.2 Å². The first kappa shape index (κ1) is 11.1. The number of primary amides is 1. The van der Waals surface area contributed by atoms with Gasteiger partial charge in [0.1, 0.15) is 11.4 Å². The van der Waals surface area contributed by atoms with Crippen molar-refractivity contribution in [2.45, 2.75) is 0 Å². The van der Waals surface area contributed by atoms with E-state index in [9.17, 15) is 14.0 Å². The summed E-state index contributed by atoms with van der Waals surface area (Å²) in [5, 5.41) is 0. The summed E-state index contributed by atoms with van der Waals surface area (Å²) in [6, 6.07) is 9.62. The van der Waals surface area contributed by atoms with Crippen molar-refractivity contribution in [1.29, 1.82) is 0 Å². The molecule has 1 heterocycles. The number of carbonyl (C=O) groups excluding carboxylic acids is 1. The highest BCUT2D eigenvalue weighted by atomic mass is 19.1. The predicted molar refractivity (Wildman–Crippen MR) is 60.5 cm³/mol. The average Bonchev–Trinajstić information content (AvgIpc) is 2.30. The maximum Gasteiger partial charge on any atom is 0.270 e. The molecule has 2 aromatic rings. The number of para-hydroxylation sites is 1. The second-order valence-corrected chi connectivity index (χ2v) is 3.41. The van der Waals surface area contributed by atoms with Crippen LogP contribution in [0.25, 0.3) is 5.69 Å². The van der Waals surface area contributed by atoms with Crippen LogP contribution in [0, 0.1) is 5.82 Å². The second kappa shape index (κ2) is 4.21. The molecule has 2 rings (SSSR count). The fraction of sp³-hybridized carbons (Fsp3) is 0. The fourth-order valence-corrected chi connectivity index (χ4v) is 1.53. The van der Waals surface area contributed by atoms with Crippen molar-refractivity contribution in [3.05, 3.63) is 64.3 Å². The summed E-state index contributed by atoms with van der Waals surface area (Å²) in [6.07, 6.45) is 1.26. The highest BCUT2D eigenvalue weighted by Crippen LogP contribution is 2.06. The van der Waals surface area contributed by atoms with Crippen LogP contribution >= 0.6 is 0 Å². The van der Waals surface area contributed by atoms with Crippen LogP contribution < -0.4 is 11.3 Å². The third kappa shape index (κ3) is 1.94. The lowest BCUT2D eigenvalue weighted by molar-refractivity contribution is 0.0994. The number of hydrogen-bond acceptors (Lipinski definition) is 2. The molecule has 1 aromatic heterocycles. The third-order valence-corrected chi connectivity index (χ3v) is 2.32. The molecule has 2 N–H and O–H groups in total. The van der Waals surface area contributed by atoms with Crippen LogP contribution in [0.4, 0.5) is 4.39 Å². The first-order valence-corrected chi connectivity index (χ1v) is 4.87. The Labute approximate surface area is 96.1 Å². The van der Waals surface area contributed by atoms with Gasteiger partial charge >= 0.3 is 0 Å². The largest absolute Gasteiger partial charge is 0.365 e. The van der Waals surface area contributed by atoms with Crippen LogP contribution in [0.5, 0.6) is 0 Å². The summed E-state index contributed by atoms with van der Waals surface area (Å²) in [5.74, 6) is -1.98. The molecular weight excluding hydrogens is 223 g/mol. The minimum atomic E-state index is -1.07. The Hall–Kier alpha value is -2.43. The Morgan fingerprint density at radius 2 is 1.82 bits per heavy atom. The molecule has 0 saturated heterocycles. The summed E-state index contributed by atoms with van der Waals surface area (Å²) in [6.45, 7) is 0. The van der Waals surface area contributed by atoms with Crippen molar-refractivity contribution in [3.63, 3.8) is 0 Å². The van der Waals surface area contributed by atoms with Gasteiger partial charge in [0.25, 0.3) is 11.5 Å². The van der Waals surface area contributed by atoms with E-state index in [0.717, 1.165) is 6.07 Å². The number of halogens is 1. The zero-order valence-electron chi connectivity index (χ0n) is 8.76. The van der Waals surface area contributed by atoms with E-state index < -0.39 is 22.8 Å². The summed E-state index contributed by atoms with van der Waals surface area (Å²) in [4.78, 5) is 22.8. The lowest BCUT2D eigenvalue weighted by Gasteiger charge is -2.06. The minimum Gasteiger partial charge on any atom is -0.365 e. The molecule has 0 spiro atoms. The van der Waals surface area contributed by atoms with Crippen molar-refractivity contribution in [3.8, 4) is 5.69 Å². The van der Waals surface area contributed by atoms with E-state index in [0.29, 0.717) is 5.69 Å². The summed E-state index contributed by atoms with van der Waals surface area (Å²) in [5.41, 5.74) is 4.12. The molecule has 0 radical (unpaired) electrons. The number of pyridine rings is 1. The van der Waals surface area contributed by atoms with Gasteiger partial charge in [0.15, 0.2) is 0 Å². The first-order valence-electron chi connectivity index (χ1n) is 4.87. The number of nitrogens with two attached hydrogens (primary N) is 1. The van der Waals surface area contributed by atoms with Crippen LogP contribution in [0.2, 0.25) is 0 Å².